The molecule has 0 spiro atoms. The van der Waals surface area contributed by atoms with Gasteiger partial charge in [0.25, 0.3) is 0 Å². The Morgan fingerprint density at radius 1 is 0.929 bits per heavy atom. The molecule has 0 heterocycles. The summed E-state index contributed by atoms with van der Waals surface area (Å²) in [6, 6.07) is 19.4. The zero-order chi connectivity index (χ0) is 20.2. The van der Waals surface area contributed by atoms with Crippen LogP contribution < -0.4 is 5.32 Å². The molecule has 0 bridgehead atoms. The van der Waals surface area contributed by atoms with Crippen molar-refractivity contribution < 1.29 is 9.59 Å². The van der Waals surface area contributed by atoms with Crippen LogP contribution in [0.4, 0.5) is 0 Å². The largest absolute Gasteiger partial charge is 0.354 e. The SMILES string of the molecule is CCCCNC(=O)[C@@H](CC)N(Cc1ccccc1)C(=O)CCc1ccccc1. The minimum absolute atomic E-state index is 0.0187. The molecule has 0 aromatic heterocycles. The van der Waals surface area contributed by atoms with Gasteiger partial charge < -0.3 is 10.2 Å². The van der Waals surface area contributed by atoms with Crippen LogP contribution in [0.15, 0.2) is 60.7 Å². The number of unbranched alkanes of at least 4 members (excludes halogenated alkanes) is 1. The van der Waals surface area contributed by atoms with Gasteiger partial charge in [-0.2, -0.15) is 0 Å². The normalized spacial score (nSPS) is 11.6. The zero-order valence-corrected chi connectivity index (χ0v) is 17.1. The monoisotopic (exact) mass is 380 g/mol. The molecular formula is C24H32N2O2. The second-order valence-corrected chi connectivity index (χ2v) is 7.06. The van der Waals surface area contributed by atoms with Crippen LogP contribution in [0.3, 0.4) is 0 Å². The van der Waals surface area contributed by atoms with Gasteiger partial charge in [-0.25, -0.2) is 0 Å². The highest BCUT2D eigenvalue weighted by Gasteiger charge is 2.28. The lowest BCUT2D eigenvalue weighted by Crippen LogP contribution is -2.49. The summed E-state index contributed by atoms with van der Waals surface area (Å²) in [5, 5.41) is 3.00. The van der Waals surface area contributed by atoms with Crippen molar-refractivity contribution in [1.82, 2.24) is 10.2 Å². The summed E-state index contributed by atoms with van der Waals surface area (Å²) < 4.78 is 0. The molecule has 0 aliphatic heterocycles. The van der Waals surface area contributed by atoms with Crippen molar-refractivity contribution >= 4 is 11.8 Å². The standard InChI is InChI=1S/C24H32N2O2/c1-3-5-18-25-24(28)22(4-2)26(19-21-14-10-7-11-15-21)23(27)17-16-20-12-8-6-9-13-20/h6-15,22H,3-5,16-19H2,1-2H3,(H,25,28)/t22-/m1/s1. The van der Waals surface area contributed by atoms with Crippen LogP contribution in [0.25, 0.3) is 0 Å². The van der Waals surface area contributed by atoms with Gasteiger partial charge >= 0.3 is 0 Å². The van der Waals surface area contributed by atoms with Crippen molar-refractivity contribution in [3.63, 3.8) is 0 Å². The van der Waals surface area contributed by atoms with E-state index in [4.69, 9.17) is 0 Å². The molecule has 1 atom stereocenters. The maximum absolute atomic E-state index is 13.1. The zero-order valence-electron chi connectivity index (χ0n) is 17.1. The molecule has 0 aliphatic carbocycles. The smallest absolute Gasteiger partial charge is 0.242 e. The molecular weight excluding hydrogens is 348 g/mol. The molecule has 2 aromatic carbocycles. The third kappa shape index (κ3) is 6.84. The van der Waals surface area contributed by atoms with Crippen LogP contribution in [0.5, 0.6) is 0 Å². The Balaban J connectivity index is 2.12. The van der Waals surface area contributed by atoms with E-state index in [0.717, 1.165) is 24.0 Å². The fourth-order valence-corrected chi connectivity index (χ4v) is 3.25. The van der Waals surface area contributed by atoms with Crippen LogP contribution in [0.2, 0.25) is 0 Å². The molecule has 0 fully saturated rings. The van der Waals surface area contributed by atoms with E-state index in [-0.39, 0.29) is 11.8 Å². The van der Waals surface area contributed by atoms with Crippen molar-refractivity contribution in [2.24, 2.45) is 0 Å². The summed E-state index contributed by atoms with van der Waals surface area (Å²) in [6.45, 7) is 5.17. The molecule has 0 saturated carbocycles. The number of hydrogen-bond acceptors (Lipinski definition) is 2. The molecule has 4 heteroatoms. The van der Waals surface area contributed by atoms with E-state index in [1.54, 1.807) is 4.90 Å². The first kappa shape index (κ1) is 21.7. The molecule has 150 valence electrons. The summed E-state index contributed by atoms with van der Waals surface area (Å²) in [5.74, 6) is -0.0369. The van der Waals surface area contributed by atoms with Crippen molar-refractivity contribution in [2.75, 3.05) is 6.54 Å². The molecule has 2 rings (SSSR count). The van der Waals surface area contributed by atoms with Gasteiger partial charge in [-0.3, -0.25) is 9.59 Å². The Kier molecular flexibility index (Phi) is 9.26. The van der Waals surface area contributed by atoms with Gasteiger partial charge in [0.15, 0.2) is 0 Å². The number of carbonyl (C=O) groups excluding carboxylic acids is 2. The first-order valence-corrected chi connectivity index (χ1v) is 10.3. The number of nitrogens with one attached hydrogen (secondary N) is 1. The second-order valence-electron chi connectivity index (χ2n) is 7.06. The van der Waals surface area contributed by atoms with E-state index >= 15 is 0 Å². The summed E-state index contributed by atoms with van der Waals surface area (Å²) in [5.41, 5.74) is 2.17. The van der Waals surface area contributed by atoms with E-state index in [9.17, 15) is 9.59 Å². The summed E-state index contributed by atoms with van der Waals surface area (Å²) in [6.07, 6.45) is 3.65. The number of carbonyl (C=O) groups is 2. The van der Waals surface area contributed by atoms with Crippen LogP contribution in [-0.2, 0) is 22.6 Å². The maximum atomic E-state index is 13.1. The molecule has 0 saturated heterocycles. The summed E-state index contributed by atoms with van der Waals surface area (Å²) in [4.78, 5) is 27.6. The fraction of sp³-hybridized carbons (Fsp3) is 0.417. The maximum Gasteiger partial charge on any atom is 0.242 e. The van der Waals surface area contributed by atoms with E-state index in [1.165, 1.54) is 0 Å². The highest BCUT2D eigenvalue weighted by molar-refractivity contribution is 5.87. The van der Waals surface area contributed by atoms with Crippen LogP contribution in [0, 0.1) is 0 Å². The Bertz CT molecular complexity index is 716. The second kappa shape index (κ2) is 12.0. The average Bonchev–Trinajstić information content (AvgIpc) is 2.73. The number of hydrogen-bond donors (Lipinski definition) is 1. The van der Waals surface area contributed by atoms with E-state index < -0.39 is 6.04 Å². The van der Waals surface area contributed by atoms with Crippen molar-refractivity contribution in [3.8, 4) is 0 Å². The van der Waals surface area contributed by atoms with Crippen molar-refractivity contribution in [3.05, 3.63) is 71.8 Å². The lowest BCUT2D eigenvalue weighted by atomic mass is 10.1. The average molecular weight is 381 g/mol. The number of benzene rings is 2. The first-order valence-electron chi connectivity index (χ1n) is 10.3. The van der Waals surface area contributed by atoms with Gasteiger partial charge in [-0.05, 0) is 30.4 Å². The molecule has 1 N–H and O–H groups in total. The van der Waals surface area contributed by atoms with Gasteiger partial charge in [0, 0.05) is 19.5 Å². The highest BCUT2D eigenvalue weighted by Crippen LogP contribution is 2.15. The topological polar surface area (TPSA) is 49.4 Å². The number of amides is 2. The first-order chi connectivity index (χ1) is 13.7. The Labute approximate surface area is 169 Å². The van der Waals surface area contributed by atoms with Crippen LogP contribution in [0.1, 0.15) is 50.7 Å². The van der Waals surface area contributed by atoms with Crippen molar-refractivity contribution in [2.45, 2.75) is 58.5 Å². The Hall–Kier alpha value is -2.62. The van der Waals surface area contributed by atoms with Crippen LogP contribution >= 0.6 is 0 Å². The van der Waals surface area contributed by atoms with Gasteiger partial charge in [0.2, 0.25) is 11.8 Å². The predicted octanol–water partition coefficient (Wildman–Crippen LogP) is 4.34. The minimum atomic E-state index is -0.444. The van der Waals surface area contributed by atoms with Gasteiger partial charge in [0.05, 0.1) is 0 Å². The number of rotatable bonds is 11. The van der Waals surface area contributed by atoms with E-state index in [0.29, 0.717) is 32.4 Å². The third-order valence-electron chi connectivity index (χ3n) is 4.88. The van der Waals surface area contributed by atoms with E-state index in [2.05, 4.69) is 12.2 Å². The molecule has 0 unspecified atom stereocenters. The van der Waals surface area contributed by atoms with Crippen molar-refractivity contribution in [1.29, 1.82) is 0 Å². The molecule has 0 aliphatic rings. The molecule has 28 heavy (non-hydrogen) atoms. The third-order valence-corrected chi connectivity index (χ3v) is 4.88. The fourth-order valence-electron chi connectivity index (χ4n) is 3.25. The lowest BCUT2D eigenvalue weighted by Gasteiger charge is -2.30. The molecule has 2 amide bonds. The highest BCUT2D eigenvalue weighted by atomic mass is 16.2. The summed E-state index contributed by atoms with van der Waals surface area (Å²) >= 11 is 0. The van der Waals surface area contributed by atoms with Gasteiger partial charge in [0.1, 0.15) is 6.04 Å². The predicted molar refractivity (Wildman–Crippen MR) is 114 cm³/mol. The number of nitrogens with zero attached hydrogens (tertiary/aromatic N) is 1. The Morgan fingerprint density at radius 3 is 2.11 bits per heavy atom. The quantitative estimate of drug-likeness (QED) is 0.590. The lowest BCUT2D eigenvalue weighted by molar-refractivity contribution is -0.141. The van der Waals surface area contributed by atoms with E-state index in [1.807, 2.05) is 67.6 Å². The van der Waals surface area contributed by atoms with Gasteiger partial charge in [-0.15, -0.1) is 0 Å². The minimum Gasteiger partial charge on any atom is -0.354 e. The van der Waals surface area contributed by atoms with Gasteiger partial charge in [-0.1, -0.05) is 80.9 Å². The molecule has 2 aromatic rings. The van der Waals surface area contributed by atoms with Crippen LogP contribution in [-0.4, -0.2) is 29.3 Å². The molecule has 0 radical (unpaired) electrons. The Morgan fingerprint density at radius 2 is 1.54 bits per heavy atom. The summed E-state index contributed by atoms with van der Waals surface area (Å²) in [7, 11) is 0. The number of aryl methyl sites for hydroxylation is 1. The molecule has 4 nitrogen and oxygen atoms in total.